The molecule has 1 heterocycles. The quantitative estimate of drug-likeness (QED) is 0.775. The summed E-state index contributed by atoms with van der Waals surface area (Å²) >= 11 is 0. The van der Waals surface area contributed by atoms with Crippen LogP contribution in [0.3, 0.4) is 0 Å². The summed E-state index contributed by atoms with van der Waals surface area (Å²) in [7, 11) is 1.77. The number of rotatable bonds is 5. The van der Waals surface area contributed by atoms with E-state index in [2.05, 4.69) is 10.3 Å². The van der Waals surface area contributed by atoms with Crippen molar-refractivity contribution in [3.05, 3.63) is 89.5 Å². The number of aromatic nitrogens is 2. The van der Waals surface area contributed by atoms with Gasteiger partial charge in [0.2, 0.25) is 5.91 Å². The van der Waals surface area contributed by atoms with Crippen molar-refractivity contribution in [2.24, 2.45) is 7.05 Å². The number of aryl methyl sites for hydroxylation is 1. The maximum atomic E-state index is 14.3. The Morgan fingerprint density at radius 2 is 2.00 bits per heavy atom. The number of nitrogens with one attached hydrogen (secondary N) is 1. The number of benzene rings is 2. The van der Waals surface area contributed by atoms with Gasteiger partial charge < -0.3 is 9.88 Å². The Balaban J connectivity index is 1.87. The first-order valence-corrected chi connectivity index (χ1v) is 7.80. The molecule has 0 saturated heterocycles. The SMILES string of the molecule is Cn1ccnc1[C@@H](NC(=O)Cc1cccc(F)c1)c1ccccc1F. The number of carbonyl (C=O) groups excluding carboxylic acids is 1. The first-order valence-electron chi connectivity index (χ1n) is 7.80. The predicted molar refractivity (Wildman–Crippen MR) is 89.7 cm³/mol. The zero-order chi connectivity index (χ0) is 17.8. The van der Waals surface area contributed by atoms with Gasteiger partial charge in [-0.1, -0.05) is 30.3 Å². The number of halogens is 2. The molecule has 0 aliphatic rings. The predicted octanol–water partition coefficient (Wildman–Crippen LogP) is 3.15. The van der Waals surface area contributed by atoms with Crippen molar-refractivity contribution in [2.75, 3.05) is 0 Å². The molecule has 1 aromatic heterocycles. The number of carbonyl (C=O) groups is 1. The summed E-state index contributed by atoms with van der Waals surface area (Å²) in [5.74, 6) is -0.666. The monoisotopic (exact) mass is 341 g/mol. The van der Waals surface area contributed by atoms with Crippen LogP contribution >= 0.6 is 0 Å². The molecular formula is C19H17F2N3O. The van der Waals surface area contributed by atoms with Gasteiger partial charge in [0, 0.05) is 25.0 Å². The first kappa shape index (κ1) is 16.8. The highest BCUT2D eigenvalue weighted by Crippen LogP contribution is 2.23. The van der Waals surface area contributed by atoms with E-state index in [-0.39, 0.29) is 12.3 Å². The Hall–Kier alpha value is -3.02. The van der Waals surface area contributed by atoms with E-state index in [4.69, 9.17) is 0 Å². The largest absolute Gasteiger partial charge is 0.342 e. The molecule has 0 unspecified atom stereocenters. The fourth-order valence-corrected chi connectivity index (χ4v) is 2.69. The maximum Gasteiger partial charge on any atom is 0.225 e. The van der Waals surface area contributed by atoms with Gasteiger partial charge in [-0.15, -0.1) is 0 Å². The van der Waals surface area contributed by atoms with Gasteiger partial charge in [-0.25, -0.2) is 13.8 Å². The lowest BCUT2D eigenvalue weighted by Gasteiger charge is -2.19. The van der Waals surface area contributed by atoms with Crippen molar-refractivity contribution < 1.29 is 13.6 Å². The molecule has 1 N–H and O–H groups in total. The Kier molecular flexibility index (Phi) is 4.88. The van der Waals surface area contributed by atoms with E-state index < -0.39 is 17.7 Å². The van der Waals surface area contributed by atoms with Crippen LogP contribution in [0.5, 0.6) is 0 Å². The van der Waals surface area contributed by atoms with Gasteiger partial charge in [-0.05, 0) is 23.8 Å². The summed E-state index contributed by atoms with van der Waals surface area (Å²) in [6.45, 7) is 0. The second-order valence-corrected chi connectivity index (χ2v) is 5.73. The maximum absolute atomic E-state index is 14.3. The zero-order valence-corrected chi connectivity index (χ0v) is 13.6. The third kappa shape index (κ3) is 3.91. The number of nitrogens with zero attached hydrogens (tertiary/aromatic N) is 2. The summed E-state index contributed by atoms with van der Waals surface area (Å²) in [6, 6.07) is 11.3. The summed E-state index contributed by atoms with van der Waals surface area (Å²) in [5.41, 5.74) is 0.869. The lowest BCUT2D eigenvalue weighted by molar-refractivity contribution is -0.121. The molecule has 3 aromatic rings. The smallest absolute Gasteiger partial charge is 0.225 e. The molecule has 4 nitrogen and oxygen atoms in total. The first-order chi connectivity index (χ1) is 12.0. The fourth-order valence-electron chi connectivity index (χ4n) is 2.69. The molecule has 0 fully saturated rings. The standard InChI is InChI=1S/C19H17F2N3O/c1-24-10-9-22-19(24)18(15-7-2-3-8-16(15)21)23-17(25)12-13-5-4-6-14(20)11-13/h2-11,18H,12H2,1H3,(H,23,25)/t18-/m0/s1. The van der Waals surface area contributed by atoms with Gasteiger partial charge in [0.25, 0.3) is 0 Å². The molecule has 3 rings (SSSR count). The molecule has 25 heavy (non-hydrogen) atoms. The fraction of sp³-hybridized carbons (Fsp3) is 0.158. The second-order valence-electron chi connectivity index (χ2n) is 5.73. The topological polar surface area (TPSA) is 46.9 Å². The van der Waals surface area contributed by atoms with Crippen molar-refractivity contribution in [2.45, 2.75) is 12.5 Å². The van der Waals surface area contributed by atoms with Crippen LogP contribution in [0, 0.1) is 11.6 Å². The van der Waals surface area contributed by atoms with Gasteiger partial charge in [-0.2, -0.15) is 0 Å². The molecule has 0 radical (unpaired) electrons. The Morgan fingerprint density at radius 1 is 1.20 bits per heavy atom. The highest BCUT2D eigenvalue weighted by atomic mass is 19.1. The van der Waals surface area contributed by atoms with Gasteiger partial charge >= 0.3 is 0 Å². The van der Waals surface area contributed by atoms with Crippen LogP contribution in [0.4, 0.5) is 8.78 Å². The zero-order valence-electron chi connectivity index (χ0n) is 13.6. The minimum atomic E-state index is -0.734. The number of amides is 1. The third-order valence-corrected chi connectivity index (χ3v) is 3.89. The van der Waals surface area contributed by atoms with Gasteiger partial charge in [0.1, 0.15) is 23.5 Å². The summed E-state index contributed by atoms with van der Waals surface area (Å²) in [4.78, 5) is 16.7. The summed E-state index contributed by atoms with van der Waals surface area (Å²) in [5, 5.41) is 2.80. The van der Waals surface area contributed by atoms with Crippen LogP contribution in [-0.2, 0) is 18.3 Å². The second kappa shape index (κ2) is 7.25. The van der Waals surface area contributed by atoms with Crippen molar-refractivity contribution >= 4 is 5.91 Å². The van der Waals surface area contributed by atoms with E-state index in [9.17, 15) is 13.6 Å². The van der Waals surface area contributed by atoms with Gasteiger partial charge in [0.05, 0.1) is 6.42 Å². The average molecular weight is 341 g/mol. The molecule has 0 saturated carbocycles. The van der Waals surface area contributed by atoms with Crippen molar-refractivity contribution in [1.82, 2.24) is 14.9 Å². The van der Waals surface area contributed by atoms with E-state index in [0.29, 0.717) is 17.0 Å². The number of imidazole rings is 1. The Labute approximate surface area is 144 Å². The molecule has 2 aromatic carbocycles. The molecule has 0 aliphatic carbocycles. The molecular weight excluding hydrogens is 324 g/mol. The van der Waals surface area contributed by atoms with Crippen LogP contribution in [0.2, 0.25) is 0 Å². The lowest BCUT2D eigenvalue weighted by Crippen LogP contribution is -2.32. The third-order valence-electron chi connectivity index (χ3n) is 3.89. The molecule has 128 valence electrons. The Bertz CT molecular complexity index is 892. The van der Waals surface area contributed by atoms with Gasteiger partial charge in [-0.3, -0.25) is 4.79 Å². The van der Waals surface area contributed by atoms with E-state index in [1.54, 1.807) is 54.3 Å². The Morgan fingerprint density at radius 3 is 2.68 bits per heavy atom. The molecule has 6 heteroatoms. The molecule has 0 spiro atoms. The lowest BCUT2D eigenvalue weighted by atomic mass is 10.0. The highest BCUT2D eigenvalue weighted by molar-refractivity contribution is 5.79. The average Bonchev–Trinajstić information content (AvgIpc) is 2.99. The summed E-state index contributed by atoms with van der Waals surface area (Å²) < 4.78 is 29.3. The van der Waals surface area contributed by atoms with Crippen molar-refractivity contribution in [3.8, 4) is 0 Å². The van der Waals surface area contributed by atoms with Crippen molar-refractivity contribution in [3.63, 3.8) is 0 Å². The van der Waals surface area contributed by atoms with E-state index >= 15 is 0 Å². The number of hydrogen-bond acceptors (Lipinski definition) is 2. The van der Waals surface area contributed by atoms with Gasteiger partial charge in [0.15, 0.2) is 0 Å². The molecule has 0 bridgehead atoms. The number of hydrogen-bond donors (Lipinski definition) is 1. The molecule has 0 aliphatic heterocycles. The van der Waals surface area contributed by atoms with Crippen LogP contribution in [0.15, 0.2) is 60.9 Å². The van der Waals surface area contributed by atoms with E-state index in [1.165, 1.54) is 18.2 Å². The molecule has 1 atom stereocenters. The van der Waals surface area contributed by atoms with Crippen molar-refractivity contribution in [1.29, 1.82) is 0 Å². The normalized spacial score (nSPS) is 12.0. The van der Waals surface area contributed by atoms with E-state index in [1.807, 2.05) is 0 Å². The minimum Gasteiger partial charge on any atom is -0.342 e. The summed E-state index contributed by atoms with van der Waals surface area (Å²) in [6.07, 6.45) is 3.30. The molecule has 1 amide bonds. The van der Waals surface area contributed by atoms with Crippen LogP contribution in [0.25, 0.3) is 0 Å². The minimum absolute atomic E-state index is 0.00681. The van der Waals surface area contributed by atoms with Crippen LogP contribution in [-0.4, -0.2) is 15.5 Å². The van der Waals surface area contributed by atoms with Crippen LogP contribution < -0.4 is 5.32 Å². The van der Waals surface area contributed by atoms with Crippen LogP contribution in [0.1, 0.15) is 23.0 Å². The highest BCUT2D eigenvalue weighted by Gasteiger charge is 2.23. The van der Waals surface area contributed by atoms with E-state index in [0.717, 1.165) is 0 Å².